The monoisotopic (exact) mass is 422 g/mol. The smallest absolute Gasteiger partial charge is 0.416 e. The molecule has 0 heterocycles. The highest BCUT2D eigenvalue weighted by atomic mass is 19.4. The number of rotatable bonds is 8. The average molecular weight is 422 g/mol. The van der Waals surface area contributed by atoms with Crippen LogP contribution in [0.25, 0.3) is 0 Å². The van der Waals surface area contributed by atoms with Crippen molar-refractivity contribution in [1.82, 2.24) is 10.6 Å². The summed E-state index contributed by atoms with van der Waals surface area (Å²) in [7, 11) is 0. The fourth-order valence-electron chi connectivity index (χ4n) is 2.61. The van der Waals surface area contributed by atoms with Crippen molar-refractivity contribution in [2.24, 2.45) is 0 Å². The van der Waals surface area contributed by atoms with E-state index in [0.29, 0.717) is 11.7 Å². The van der Waals surface area contributed by atoms with Crippen LogP contribution in [0.4, 0.5) is 13.2 Å². The Balaban J connectivity index is 1.73. The molecule has 0 aliphatic carbocycles. The molecule has 2 rings (SSSR count). The maximum atomic E-state index is 12.5. The summed E-state index contributed by atoms with van der Waals surface area (Å²) in [4.78, 5) is 24.1. The third kappa shape index (κ3) is 6.79. The molecule has 8 heteroatoms. The SMILES string of the molecule is CC(Oc1ccc(C(C)C)cc1)C(=O)NCCNC(=O)c1ccc(C(F)(F)F)cc1. The van der Waals surface area contributed by atoms with Crippen LogP contribution in [0.5, 0.6) is 5.75 Å². The minimum absolute atomic E-state index is 0.107. The van der Waals surface area contributed by atoms with Crippen molar-refractivity contribution >= 4 is 11.8 Å². The number of hydrogen-bond acceptors (Lipinski definition) is 3. The topological polar surface area (TPSA) is 67.4 Å². The second-order valence-electron chi connectivity index (χ2n) is 7.11. The molecule has 2 N–H and O–H groups in total. The van der Waals surface area contributed by atoms with Gasteiger partial charge in [0.25, 0.3) is 11.8 Å². The third-order valence-electron chi connectivity index (χ3n) is 4.41. The van der Waals surface area contributed by atoms with Gasteiger partial charge in [0.05, 0.1) is 5.56 Å². The molecule has 0 bridgehead atoms. The molecule has 30 heavy (non-hydrogen) atoms. The molecule has 2 aromatic carbocycles. The standard InChI is InChI=1S/C22H25F3N2O3/c1-14(2)16-6-10-19(11-7-16)30-15(3)20(28)26-12-13-27-21(29)17-4-8-18(9-5-17)22(23,24)25/h4-11,14-15H,12-13H2,1-3H3,(H,26,28)(H,27,29). The quantitative estimate of drug-likeness (QED) is 0.629. The van der Waals surface area contributed by atoms with E-state index in [9.17, 15) is 22.8 Å². The van der Waals surface area contributed by atoms with Crippen LogP contribution in [0.2, 0.25) is 0 Å². The number of benzene rings is 2. The molecule has 0 spiro atoms. The van der Waals surface area contributed by atoms with Crippen LogP contribution >= 0.6 is 0 Å². The van der Waals surface area contributed by atoms with Gasteiger partial charge in [0, 0.05) is 18.7 Å². The summed E-state index contributed by atoms with van der Waals surface area (Å²) in [6.07, 6.45) is -5.17. The van der Waals surface area contributed by atoms with E-state index in [2.05, 4.69) is 24.5 Å². The molecule has 5 nitrogen and oxygen atoms in total. The summed E-state index contributed by atoms with van der Waals surface area (Å²) < 4.78 is 43.2. The number of carbonyl (C=O) groups is 2. The lowest BCUT2D eigenvalue weighted by atomic mass is 10.0. The Morgan fingerprint density at radius 1 is 0.900 bits per heavy atom. The van der Waals surface area contributed by atoms with Gasteiger partial charge in [0.1, 0.15) is 5.75 Å². The first-order valence-electron chi connectivity index (χ1n) is 9.57. The van der Waals surface area contributed by atoms with E-state index in [0.717, 1.165) is 24.3 Å². The maximum absolute atomic E-state index is 12.5. The highest BCUT2D eigenvalue weighted by Crippen LogP contribution is 2.29. The molecule has 0 aromatic heterocycles. The van der Waals surface area contributed by atoms with Crippen molar-refractivity contribution < 1.29 is 27.5 Å². The lowest BCUT2D eigenvalue weighted by Gasteiger charge is -2.15. The molecular weight excluding hydrogens is 397 g/mol. The van der Waals surface area contributed by atoms with Gasteiger partial charge < -0.3 is 15.4 Å². The molecule has 2 aromatic rings. The minimum Gasteiger partial charge on any atom is -0.481 e. The van der Waals surface area contributed by atoms with Crippen LogP contribution in [-0.2, 0) is 11.0 Å². The van der Waals surface area contributed by atoms with Crippen LogP contribution < -0.4 is 15.4 Å². The second-order valence-corrected chi connectivity index (χ2v) is 7.11. The number of hydrogen-bond donors (Lipinski definition) is 2. The van der Waals surface area contributed by atoms with Crippen molar-refractivity contribution in [3.63, 3.8) is 0 Å². The van der Waals surface area contributed by atoms with Gasteiger partial charge >= 0.3 is 6.18 Å². The van der Waals surface area contributed by atoms with Gasteiger partial charge in [-0.05, 0) is 54.8 Å². The van der Waals surface area contributed by atoms with Crippen molar-refractivity contribution in [2.75, 3.05) is 13.1 Å². The molecule has 0 aliphatic heterocycles. The van der Waals surface area contributed by atoms with Crippen LogP contribution in [0.3, 0.4) is 0 Å². The molecule has 2 amide bonds. The van der Waals surface area contributed by atoms with E-state index in [4.69, 9.17) is 4.74 Å². The van der Waals surface area contributed by atoms with Crippen molar-refractivity contribution in [3.05, 3.63) is 65.2 Å². The predicted molar refractivity (Wildman–Crippen MR) is 107 cm³/mol. The van der Waals surface area contributed by atoms with E-state index < -0.39 is 23.8 Å². The summed E-state index contributed by atoms with van der Waals surface area (Å²) in [5.41, 5.74) is 0.457. The fourth-order valence-corrected chi connectivity index (χ4v) is 2.61. The summed E-state index contributed by atoms with van der Waals surface area (Å²) in [5, 5.41) is 5.18. The number of carbonyl (C=O) groups excluding carboxylic acids is 2. The summed E-state index contributed by atoms with van der Waals surface area (Å²) in [6, 6.07) is 11.4. The van der Waals surface area contributed by atoms with Gasteiger partial charge in [-0.2, -0.15) is 13.2 Å². The van der Waals surface area contributed by atoms with Gasteiger partial charge in [-0.25, -0.2) is 0 Å². The second kappa shape index (κ2) is 10.1. The van der Waals surface area contributed by atoms with Gasteiger partial charge in [0.15, 0.2) is 6.10 Å². The van der Waals surface area contributed by atoms with E-state index in [1.165, 1.54) is 5.56 Å². The van der Waals surface area contributed by atoms with Crippen LogP contribution in [0, 0.1) is 0 Å². The van der Waals surface area contributed by atoms with Crippen molar-refractivity contribution in [2.45, 2.75) is 39.0 Å². The number of amides is 2. The van der Waals surface area contributed by atoms with Gasteiger partial charge in [-0.3, -0.25) is 9.59 Å². The number of halogens is 3. The Morgan fingerprint density at radius 3 is 2.00 bits per heavy atom. The van der Waals surface area contributed by atoms with E-state index >= 15 is 0 Å². The van der Waals surface area contributed by atoms with Crippen molar-refractivity contribution in [1.29, 1.82) is 0 Å². The van der Waals surface area contributed by atoms with Gasteiger partial charge in [-0.15, -0.1) is 0 Å². The number of nitrogens with one attached hydrogen (secondary N) is 2. The highest BCUT2D eigenvalue weighted by Gasteiger charge is 2.30. The molecule has 0 saturated heterocycles. The van der Waals surface area contributed by atoms with Crippen LogP contribution in [0.15, 0.2) is 48.5 Å². The largest absolute Gasteiger partial charge is 0.481 e. The normalized spacial score (nSPS) is 12.4. The lowest BCUT2D eigenvalue weighted by Crippen LogP contribution is -2.40. The summed E-state index contributed by atoms with van der Waals surface area (Å²) >= 11 is 0. The minimum atomic E-state index is -4.45. The zero-order valence-corrected chi connectivity index (χ0v) is 17.0. The predicted octanol–water partition coefficient (Wildman–Crippen LogP) is 4.14. The molecule has 0 aliphatic rings. The Morgan fingerprint density at radius 2 is 1.47 bits per heavy atom. The molecular formula is C22H25F3N2O3. The average Bonchev–Trinajstić information content (AvgIpc) is 2.70. The number of ether oxygens (including phenoxy) is 1. The molecule has 0 fully saturated rings. The highest BCUT2D eigenvalue weighted by molar-refractivity contribution is 5.94. The Hall–Kier alpha value is -3.03. The first-order chi connectivity index (χ1) is 14.1. The maximum Gasteiger partial charge on any atom is 0.416 e. The fraction of sp³-hybridized carbons (Fsp3) is 0.364. The third-order valence-corrected chi connectivity index (χ3v) is 4.41. The first-order valence-corrected chi connectivity index (χ1v) is 9.57. The van der Waals surface area contributed by atoms with Crippen LogP contribution in [0.1, 0.15) is 48.2 Å². The first kappa shape index (κ1) is 23.3. The van der Waals surface area contributed by atoms with Gasteiger partial charge in [-0.1, -0.05) is 26.0 Å². The van der Waals surface area contributed by atoms with Gasteiger partial charge in [0.2, 0.25) is 0 Å². The molecule has 0 saturated carbocycles. The molecule has 1 unspecified atom stereocenters. The molecule has 1 atom stereocenters. The van der Waals surface area contributed by atoms with E-state index in [1.54, 1.807) is 6.92 Å². The number of alkyl halides is 3. The van der Waals surface area contributed by atoms with E-state index in [1.807, 2.05) is 24.3 Å². The zero-order valence-electron chi connectivity index (χ0n) is 17.0. The Labute approximate surface area is 173 Å². The summed E-state index contributed by atoms with van der Waals surface area (Å²) in [5.74, 6) is 0.120. The van der Waals surface area contributed by atoms with Crippen molar-refractivity contribution in [3.8, 4) is 5.75 Å². The molecule has 0 radical (unpaired) electrons. The lowest BCUT2D eigenvalue weighted by molar-refractivity contribution is -0.137. The van der Waals surface area contributed by atoms with E-state index in [-0.39, 0.29) is 24.6 Å². The Kier molecular flexibility index (Phi) is 7.86. The Bertz CT molecular complexity index is 847. The summed E-state index contributed by atoms with van der Waals surface area (Å²) in [6.45, 7) is 6.07. The zero-order chi connectivity index (χ0) is 22.3. The van der Waals surface area contributed by atoms with Crippen LogP contribution in [-0.4, -0.2) is 31.0 Å². The molecule has 162 valence electrons.